The van der Waals surface area contributed by atoms with E-state index in [4.69, 9.17) is 4.74 Å². The zero-order chi connectivity index (χ0) is 10.3. The van der Waals surface area contributed by atoms with Crippen LogP contribution in [0.3, 0.4) is 0 Å². The number of rotatable bonds is 2. The van der Waals surface area contributed by atoms with Gasteiger partial charge in [0.1, 0.15) is 0 Å². The van der Waals surface area contributed by atoms with Gasteiger partial charge in [-0.2, -0.15) is 0 Å². The van der Waals surface area contributed by atoms with Crippen LogP contribution in [-0.4, -0.2) is 6.10 Å². The highest BCUT2D eigenvalue weighted by Crippen LogP contribution is 2.44. The van der Waals surface area contributed by atoms with Gasteiger partial charge in [-0.25, -0.2) is 0 Å². The minimum Gasteiger partial charge on any atom is -0.370 e. The molecule has 2 unspecified atom stereocenters. The molecule has 1 aliphatic heterocycles. The normalized spacial score (nSPS) is 30.7. The molecule has 2 atom stereocenters. The van der Waals surface area contributed by atoms with Crippen LogP contribution in [0.1, 0.15) is 37.4 Å². The molecule has 1 aromatic rings. The topological polar surface area (TPSA) is 9.23 Å². The summed E-state index contributed by atoms with van der Waals surface area (Å²) < 4.78 is 7.24. The Hall–Kier alpha value is -0.340. The van der Waals surface area contributed by atoms with Gasteiger partial charge < -0.3 is 4.74 Å². The molecule has 0 spiro atoms. The maximum absolute atomic E-state index is 6.10. The highest BCUT2D eigenvalue weighted by molar-refractivity contribution is 9.10. The van der Waals surface area contributed by atoms with Crippen molar-refractivity contribution in [2.45, 2.75) is 37.9 Å². The molecular weight excluding hydrogens is 252 g/mol. The summed E-state index contributed by atoms with van der Waals surface area (Å²) in [5, 5.41) is 0. The number of hydrogen-bond donors (Lipinski definition) is 0. The van der Waals surface area contributed by atoms with Gasteiger partial charge in [0, 0.05) is 4.47 Å². The quantitative estimate of drug-likeness (QED) is 0.784. The average Bonchev–Trinajstić information content (AvgIpc) is 2.99. The molecule has 0 radical (unpaired) electrons. The molecule has 2 fully saturated rings. The van der Waals surface area contributed by atoms with Crippen LogP contribution in [0.25, 0.3) is 0 Å². The van der Waals surface area contributed by atoms with E-state index in [0.29, 0.717) is 12.2 Å². The third-order valence-electron chi connectivity index (χ3n) is 3.44. The van der Waals surface area contributed by atoms with Gasteiger partial charge in [0.05, 0.1) is 12.2 Å². The monoisotopic (exact) mass is 266 g/mol. The Bertz CT molecular complexity index is 342. The summed E-state index contributed by atoms with van der Waals surface area (Å²) in [6.07, 6.45) is 6.13. The minimum absolute atomic E-state index is 0.351. The van der Waals surface area contributed by atoms with Gasteiger partial charge in [-0.1, -0.05) is 28.1 Å². The molecule has 1 saturated heterocycles. The largest absolute Gasteiger partial charge is 0.370 e. The van der Waals surface area contributed by atoms with Crippen molar-refractivity contribution in [2.24, 2.45) is 5.92 Å². The van der Waals surface area contributed by atoms with Crippen molar-refractivity contribution < 1.29 is 4.74 Å². The molecule has 1 heterocycles. The molecule has 1 saturated carbocycles. The Labute approximate surface area is 99.0 Å². The first-order valence-electron chi connectivity index (χ1n) is 5.74. The maximum atomic E-state index is 6.10. The van der Waals surface area contributed by atoms with E-state index in [1.54, 1.807) is 0 Å². The van der Waals surface area contributed by atoms with Gasteiger partial charge in [0.25, 0.3) is 0 Å². The van der Waals surface area contributed by atoms with E-state index in [9.17, 15) is 0 Å². The van der Waals surface area contributed by atoms with Gasteiger partial charge in [-0.15, -0.1) is 0 Å². The van der Waals surface area contributed by atoms with Crippen molar-refractivity contribution in [3.05, 3.63) is 34.3 Å². The van der Waals surface area contributed by atoms with E-state index < -0.39 is 0 Å². The third kappa shape index (κ3) is 2.11. The van der Waals surface area contributed by atoms with E-state index >= 15 is 0 Å². The predicted molar refractivity (Wildman–Crippen MR) is 63.7 cm³/mol. The van der Waals surface area contributed by atoms with Gasteiger partial charge in [-0.3, -0.25) is 0 Å². The lowest BCUT2D eigenvalue weighted by molar-refractivity contribution is 0.0322. The number of ether oxygens (including phenoxy) is 1. The summed E-state index contributed by atoms with van der Waals surface area (Å²) in [6, 6.07) is 8.54. The summed E-state index contributed by atoms with van der Waals surface area (Å²) in [5.41, 5.74) is 1.33. The number of halogens is 1. The van der Waals surface area contributed by atoms with Gasteiger partial charge >= 0.3 is 0 Å². The molecule has 2 aliphatic rings. The van der Waals surface area contributed by atoms with Crippen LogP contribution in [0.4, 0.5) is 0 Å². The SMILES string of the molecule is Brc1ccc(C2CCC(C3CC3)O2)cc1. The standard InChI is InChI=1S/C13H15BrO/c14-11-5-3-10(4-6-11)13-8-7-12(15-13)9-1-2-9/h3-6,9,12-13H,1-2,7-8H2. The van der Waals surface area contributed by atoms with E-state index in [1.165, 1.54) is 31.2 Å². The Balaban J connectivity index is 1.70. The molecule has 1 aliphatic carbocycles. The summed E-state index contributed by atoms with van der Waals surface area (Å²) in [6.45, 7) is 0. The van der Waals surface area contributed by atoms with Crippen LogP contribution >= 0.6 is 15.9 Å². The zero-order valence-electron chi connectivity index (χ0n) is 8.66. The Kier molecular flexibility index (Phi) is 2.57. The predicted octanol–water partition coefficient (Wildman–Crippen LogP) is 4.08. The van der Waals surface area contributed by atoms with Crippen molar-refractivity contribution >= 4 is 15.9 Å². The lowest BCUT2D eigenvalue weighted by atomic mass is 10.1. The van der Waals surface area contributed by atoms with E-state index in [1.807, 2.05) is 0 Å². The Morgan fingerprint density at radius 3 is 2.40 bits per heavy atom. The second-order valence-corrected chi connectivity index (χ2v) is 5.55. The zero-order valence-corrected chi connectivity index (χ0v) is 10.2. The van der Waals surface area contributed by atoms with Crippen LogP contribution < -0.4 is 0 Å². The van der Waals surface area contributed by atoms with Crippen molar-refractivity contribution in [3.63, 3.8) is 0 Å². The van der Waals surface area contributed by atoms with Gasteiger partial charge in [0.15, 0.2) is 0 Å². The lowest BCUT2D eigenvalue weighted by Crippen LogP contribution is -2.08. The first-order valence-corrected chi connectivity index (χ1v) is 6.53. The fourth-order valence-electron chi connectivity index (χ4n) is 2.40. The fourth-order valence-corrected chi connectivity index (χ4v) is 2.66. The van der Waals surface area contributed by atoms with E-state index in [2.05, 4.69) is 40.2 Å². The summed E-state index contributed by atoms with van der Waals surface area (Å²) in [5.74, 6) is 0.880. The van der Waals surface area contributed by atoms with Crippen LogP contribution in [0.2, 0.25) is 0 Å². The van der Waals surface area contributed by atoms with E-state index in [0.717, 1.165) is 10.4 Å². The average molecular weight is 267 g/mol. The second-order valence-electron chi connectivity index (χ2n) is 4.63. The van der Waals surface area contributed by atoms with Crippen molar-refractivity contribution in [2.75, 3.05) is 0 Å². The first-order chi connectivity index (χ1) is 7.33. The minimum atomic E-state index is 0.351. The Morgan fingerprint density at radius 1 is 1.00 bits per heavy atom. The highest BCUT2D eigenvalue weighted by Gasteiger charge is 2.37. The van der Waals surface area contributed by atoms with Gasteiger partial charge in [0.2, 0.25) is 0 Å². The maximum Gasteiger partial charge on any atom is 0.0829 e. The summed E-state index contributed by atoms with van der Waals surface area (Å²) in [7, 11) is 0. The molecule has 3 rings (SSSR count). The van der Waals surface area contributed by atoms with Crippen LogP contribution in [0.5, 0.6) is 0 Å². The molecule has 1 nitrogen and oxygen atoms in total. The fraction of sp³-hybridized carbons (Fsp3) is 0.538. The lowest BCUT2D eigenvalue weighted by Gasteiger charge is -2.13. The number of hydrogen-bond acceptors (Lipinski definition) is 1. The third-order valence-corrected chi connectivity index (χ3v) is 3.97. The molecule has 0 bridgehead atoms. The van der Waals surface area contributed by atoms with E-state index in [-0.39, 0.29) is 0 Å². The Morgan fingerprint density at radius 2 is 1.73 bits per heavy atom. The van der Waals surface area contributed by atoms with Crippen molar-refractivity contribution in [1.82, 2.24) is 0 Å². The van der Waals surface area contributed by atoms with Crippen LogP contribution in [0.15, 0.2) is 28.7 Å². The van der Waals surface area contributed by atoms with Crippen molar-refractivity contribution in [3.8, 4) is 0 Å². The molecule has 0 aromatic heterocycles. The molecule has 15 heavy (non-hydrogen) atoms. The second kappa shape index (κ2) is 3.91. The summed E-state index contributed by atoms with van der Waals surface area (Å²) in [4.78, 5) is 0. The highest BCUT2D eigenvalue weighted by atomic mass is 79.9. The molecule has 80 valence electrons. The summed E-state index contributed by atoms with van der Waals surface area (Å²) >= 11 is 3.46. The van der Waals surface area contributed by atoms with Crippen molar-refractivity contribution in [1.29, 1.82) is 0 Å². The number of benzene rings is 1. The molecule has 1 aromatic carbocycles. The molecule has 0 N–H and O–H groups in total. The molecular formula is C13H15BrO. The molecule has 2 heteroatoms. The van der Waals surface area contributed by atoms with Crippen LogP contribution in [0, 0.1) is 5.92 Å². The van der Waals surface area contributed by atoms with Crippen LogP contribution in [-0.2, 0) is 4.74 Å². The molecule has 0 amide bonds. The first kappa shape index (κ1) is 9.86. The van der Waals surface area contributed by atoms with Gasteiger partial charge in [-0.05, 0) is 49.3 Å². The smallest absolute Gasteiger partial charge is 0.0829 e.